The van der Waals surface area contributed by atoms with E-state index in [1.807, 2.05) is 0 Å². The molecule has 2 unspecified atom stereocenters. The number of hydrogen-bond donors (Lipinski definition) is 1. The first-order chi connectivity index (χ1) is 9.97. The minimum Gasteiger partial charge on any atom is -0.385 e. The van der Waals surface area contributed by atoms with E-state index in [-0.39, 0.29) is 11.2 Å². The van der Waals surface area contributed by atoms with Gasteiger partial charge >= 0.3 is 0 Å². The van der Waals surface area contributed by atoms with E-state index in [9.17, 15) is 9.90 Å². The van der Waals surface area contributed by atoms with E-state index in [4.69, 9.17) is 0 Å². The van der Waals surface area contributed by atoms with Gasteiger partial charge in [0.05, 0.1) is 0 Å². The molecule has 4 rings (SSSR count). The number of Topliss-reactive ketones (excluding diaryl/α,β-unsaturated/α-hetero) is 1. The van der Waals surface area contributed by atoms with Crippen LogP contribution in [0.2, 0.25) is 0 Å². The summed E-state index contributed by atoms with van der Waals surface area (Å²) in [7, 11) is 0. The molecule has 2 heteroatoms. The van der Waals surface area contributed by atoms with Gasteiger partial charge in [0.25, 0.3) is 0 Å². The fourth-order valence-corrected chi connectivity index (χ4v) is 7.06. The van der Waals surface area contributed by atoms with Crippen molar-refractivity contribution in [1.82, 2.24) is 0 Å². The highest BCUT2D eigenvalue weighted by Crippen LogP contribution is 2.65. The molecular formula is C19H30O2. The first kappa shape index (κ1) is 14.2. The van der Waals surface area contributed by atoms with Gasteiger partial charge in [-0.1, -0.05) is 26.7 Å². The molecule has 0 heterocycles. The van der Waals surface area contributed by atoms with Crippen molar-refractivity contribution in [2.24, 2.45) is 34.5 Å². The minimum absolute atomic E-state index is 0.115. The normalized spacial score (nSPS) is 56.5. The molecule has 4 aliphatic carbocycles. The molecule has 0 saturated heterocycles. The Bertz CT molecular complexity index is 458. The van der Waals surface area contributed by atoms with Gasteiger partial charge in [0.15, 0.2) is 5.78 Å². The Balaban J connectivity index is 1.67. The maximum atomic E-state index is 12.1. The smallest absolute Gasteiger partial charge is 0.162 e. The van der Waals surface area contributed by atoms with Gasteiger partial charge in [0.2, 0.25) is 0 Å². The zero-order valence-corrected chi connectivity index (χ0v) is 13.6. The van der Waals surface area contributed by atoms with Crippen molar-refractivity contribution in [2.45, 2.75) is 77.7 Å². The number of carbonyl (C=O) groups excluding carboxylic acids is 1. The number of ketones is 1. The van der Waals surface area contributed by atoms with Crippen molar-refractivity contribution in [1.29, 1.82) is 0 Å². The minimum atomic E-state index is -0.680. The van der Waals surface area contributed by atoms with Crippen LogP contribution < -0.4 is 0 Å². The standard InChI is InChI=1S/C19H30O2/c1-18-9-4-3-5-12(18)6-7-13-14(18)8-10-19(2)15(13)11-16(20)17(19)21/h12-15,17,21H,3-11H2,1-2H3/t12?,13-,14-,15+,17?,18+,19+/m1/s1. The van der Waals surface area contributed by atoms with Crippen LogP contribution in [0.25, 0.3) is 0 Å². The largest absolute Gasteiger partial charge is 0.385 e. The molecule has 1 N–H and O–H groups in total. The summed E-state index contributed by atoms with van der Waals surface area (Å²) in [4.78, 5) is 12.1. The van der Waals surface area contributed by atoms with Crippen LogP contribution in [0.4, 0.5) is 0 Å². The van der Waals surface area contributed by atoms with Crippen molar-refractivity contribution >= 4 is 5.78 Å². The molecule has 0 aromatic carbocycles. The predicted molar refractivity (Wildman–Crippen MR) is 82.7 cm³/mol. The topological polar surface area (TPSA) is 37.3 Å². The lowest BCUT2D eigenvalue weighted by Crippen LogP contribution is -2.53. The average Bonchev–Trinajstić information content (AvgIpc) is 2.70. The maximum Gasteiger partial charge on any atom is 0.162 e. The van der Waals surface area contributed by atoms with Gasteiger partial charge in [-0.05, 0) is 67.6 Å². The second-order valence-corrected chi connectivity index (χ2v) is 9.02. The summed E-state index contributed by atoms with van der Waals surface area (Å²) in [6.07, 6.45) is 10.6. The number of fused-ring (bicyclic) bond motifs is 5. The van der Waals surface area contributed by atoms with E-state index in [0.717, 1.165) is 18.3 Å². The third-order valence-corrected chi connectivity index (χ3v) is 8.37. The number of carbonyl (C=O) groups is 1. The maximum absolute atomic E-state index is 12.1. The van der Waals surface area contributed by atoms with Crippen molar-refractivity contribution in [3.05, 3.63) is 0 Å². The second kappa shape index (κ2) is 4.57. The SMILES string of the molecule is C[C@]12CCCCC1CC[C@@H]1[C@H]2CC[C@]2(C)C(O)C(=O)C[C@@H]12. The Morgan fingerprint density at radius 2 is 1.76 bits per heavy atom. The highest BCUT2D eigenvalue weighted by molar-refractivity contribution is 5.86. The van der Waals surface area contributed by atoms with Gasteiger partial charge in [-0.2, -0.15) is 0 Å². The van der Waals surface area contributed by atoms with E-state index in [0.29, 0.717) is 23.7 Å². The third kappa shape index (κ3) is 1.77. The highest BCUT2D eigenvalue weighted by Gasteiger charge is 2.61. The molecule has 0 aromatic heterocycles. The molecule has 7 atom stereocenters. The Morgan fingerprint density at radius 3 is 2.57 bits per heavy atom. The summed E-state index contributed by atoms with van der Waals surface area (Å²) >= 11 is 0. The zero-order valence-electron chi connectivity index (χ0n) is 13.6. The van der Waals surface area contributed by atoms with E-state index < -0.39 is 6.10 Å². The van der Waals surface area contributed by atoms with Gasteiger partial charge in [0, 0.05) is 11.8 Å². The third-order valence-electron chi connectivity index (χ3n) is 8.37. The lowest BCUT2D eigenvalue weighted by molar-refractivity contribution is -0.133. The number of aliphatic hydroxyl groups excluding tert-OH is 1. The van der Waals surface area contributed by atoms with E-state index in [1.54, 1.807) is 0 Å². The van der Waals surface area contributed by atoms with Gasteiger partial charge in [0.1, 0.15) is 6.10 Å². The molecular weight excluding hydrogens is 260 g/mol. The monoisotopic (exact) mass is 290 g/mol. The molecule has 2 nitrogen and oxygen atoms in total. The second-order valence-electron chi connectivity index (χ2n) is 9.02. The van der Waals surface area contributed by atoms with Crippen LogP contribution in [-0.4, -0.2) is 17.0 Å². The number of rotatable bonds is 0. The fraction of sp³-hybridized carbons (Fsp3) is 0.947. The summed E-state index contributed by atoms with van der Waals surface area (Å²) in [6.45, 7) is 4.75. The first-order valence-corrected chi connectivity index (χ1v) is 9.17. The lowest BCUT2D eigenvalue weighted by atomic mass is 9.45. The summed E-state index contributed by atoms with van der Waals surface area (Å²) in [5, 5.41) is 10.4. The molecule has 0 aromatic rings. The lowest BCUT2D eigenvalue weighted by Gasteiger charge is -2.60. The van der Waals surface area contributed by atoms with Crippen molar-refractivity contribution in [2.75, 3.05) is 0 Å². The van der Waals surface area contributed by atoms with E-state index in [2.05, 4.69) is 13.8 Å². The van der Waals surface area contributed by atoms with Gasteiger partial charge in [-0.25, -0.2) is 0 Å². The summed E-state index contributed by atoms with van der Waals surface area (Å²) in [5.41, 5.74) is 0.412. The number of hydrogen-bond acceptors (Lipinski definition) is 2. The van der Waals surface area contributed by atoms with E-state index >= 15 is 0 Å². The van der Waals surface area contributed by atoms with Crippen LogP contribution in [0.3, 0.4) is 0 Å². The van der Waals surface area contributed by atoms with Crippen molar-refractivity contribution in [3.63, 3.8) is 0 Å². The molecule has 0 aliphatic heterocycles. The molecule has 0 bridgehead atoms. The Labute approximate surface area is 128 Å². The Hall–Kier alpha value is -0.370. The van der Waals surface area contributed by atoms with Gasteiger partial charge < -0.3 is 5.11 Å². The van der Waals surface area contributed by atoms with Crippen molar-refractivity contribution < 1.29 is 9.90 Å². The van der Waals surface area contributed by atoms with E-state index in [1.165, 1.54) is 44.9 Å². The summed E-state index contributed by atoms with van der Waals surface area (Å²) in [5.74, 6) is 3.02. The molecule has 4 saturated carbocycles. The quantitative estimate of drug-likeness (QED) is 0.733. The molecule has 0 radical (unpaired) electrons. The molecule has 4 fully saturated rings. The Morgan fingerprint density at radius 1 is 0.952 bits per heavy atom. The number of aliphatic hydroxyl groups is 1. The van der Waals surface area contributed by atoms with Gasteiger partial charge in [-0.3, -0.25) is 4.79 Å². The van der Waals surface area contributed by atoms with Crippen LogP contribution in [0.15, 0.2) is 0 Å². The van der Waals surface area contributed by atoms with Crippen LogP contribution in [0.5, 0.6) is 0 Å². The average molecular weight is 290 g/mol. The van der Waals surface area contributed by atoms with Crippen molar-refractivity contribution in [3.8, 4) is 0 Å². The van der Waals surface area contributed by atoms with Crippen LogP contribution in [-0.2, 0) is 4.79 Å². The molecule has 0 amide bonds. The molecule has 0 spiro atoms. The van der Waals surface area contributed by atoms with Crippen LogP contribution in [0, 0.1) is 34.5 Å². The van der Waals surface area contributed by atoms with Gasteiger partial charge in [-0.15, -0.1) is 0 Å². The fourth-order valence-electron chi connectivity index (χ4n) is 7.06. The Kier molecular flexibility index (Phi) is 3.10. The highest BCUT2D eigenvalue weighted by atomic mass is 16.3. The summed E-state index contributed by atoms with van der Waals surface area (Å²) < 4.78 is 0. The molecule has 21 heavy (non-hydrogen) atoms. The van der Waals surface area contributed by atoms with Crippen LogP contribution >= 0.6 is 0 Å². The summed E-state index contributed by atoms with van der Waals surface area (Å²) in [6, 6.07) is 0. The molecule has 118 valence electrons. The zero-order chi connectivity index (χ0) is 14.8. The predicted octanol–water partition coefficient (Wildman–Crippen LogP) is 3.96. The molecule has 4 aliphatic rings. The first-order valence-electron chi connectivity index (χ1n) is 9.17. The van der Waals surface area contributed by atoms with Crippen LogP contribution in [0.1, 0.15) is 71.6 Å².